The van der Waals surface area contributed by atoms with E-state index in [1.165, 1.54) is 6.21 Å². The molecular weight excluding hydrogens is 480 g/mol. The zero-order chi connectivity index (χ0) is 24.8. The number of nitrogens with one attached hydrogen (secondary N) is 1. The van der Waals surface area contributed by atoms with Crippen molar-refractivity contribution < 1.29 is 8.42 Å². The number of aromatic nitrogens is 2. The van der Waals surface area contributed by atoms with E-state index in [0.717, 1.165) is 23.1 Å². The third kappa shape index (κ3) is 6.59. The Morgan fingerprint density at radius 1 is 0.971 bits per heavy atom. The van der Waals surface area contributed by atoms with Crippen molar-refractivity contribution in [3.63, 3.8) is 0 Å². The lowest BCUT2D eigenvalue weighted by atomic mass is 10.0. The number of rotatable bonds is 9. The van der Waals surface area contributed by atoms with Gasteiger partial charge in [-0.25, -0.2) is 4.83 Å². The quantitative estimate of drug-likeness (QED) is 0.231. The van der Waals surface area contributed by atoms with Gasteiger partial charge in [0.25, 0.3) is 10.0 Å². The Morgan fingerprint density at radius 2 is 1.63 bits per heavy atom. The van der Waals surface area contributed by atoms with Gasteiger partial charge in [0, 0.05) is 22.3 Å². The normalized spacial score (nSPS) is 11.9. The van der Waals surface area contributed by atoms with Crippen LogP contribution in [0.5, 0.6) is 0 Å². The molecule has 1 N–H and O–H groups in total. The molecule has 0 bridgehead atoms. The van der Waals surface area contributed by atoms with E-state index in [2.05, 4.69) is 23.8 Å². The third-order valence-electron chi connectivity index (χ3n) is 5.35. The Hall–Kier alpha value is -3.42. The van der Waals surface area contributed by atoms with Crippen LogP contribution in [0, 0.1) is 5.92 Å². The van der Waals surface area contributed by atoms with Gasteiger partial charge in [-0.2, -0.15) is 18.6 Å². The van der Waals surface area contributed by atoms with Crippen LogP contribution >= 0.6 is 11.6 Å². The first-order valence-corrected chi connectivity index (χ1v) is 13.2. The van der Waals surface area contributed by atoms with Crippen LogP contribution in [0.3, 0.4) is 0 Å². The summed E-state index contributed by atoms with van der Waals surface area (Å²) >= 11 is 5.99. The van der Waals surface area contributed by atoms with E-state index in [0.29, 0.717) is 28.7 Å². The minimum atomic E-state index is -3.79. The van der Waals surface area contributed by atoms with Crippen molar-refractivity contribution in [2.24, 2.45) is 11.0 Å². The first-order chi connectivity index (χ1) is 16.8. The van der Waals surface area contributed by atoms with Crippen LogP contribution in [0.25, 0.3) is 11.3 Å². The van der Waals surface area contributed by atoms with Gasteiger partial charge in [0.15, 0.2) is 0 Å². The van der Waals surface area contributed by atoms with Gasteiger partial charge < -0.3 is 0 Å². The number of benzene rings is 3. The molecule has 1 heterocycles. The van der Waals surface area contributed by atoms with E-state index in [9.17, 15) is 8.42 Å². The fourth-order valence-corrected chi connectivity index (χ4v) is 4.62. The van der Waals surface area contributed by atoms with Crippen LogP contribution in [0.1, 0.15) is 30.5 Å². The van der Waals surface area contributed by atoms with Gasteiger partial charge in [0.2, 0.25) is 0 Å². The number of nitrogens with zero attached hydrogens (tertiary/aromatic N) is 3. The van der Waals surface area contributed by atoms with Crippen molar-refractivity contribution in [2.45, 2.75) is 31.7 Å². The fraction of sp³-hybridized carbons (Fsp3) is 0.185. The number of hydrogen-bond donors (Lipinski definition) is 1. The first kappa shape index (κ1) is 24.7. The summed E-state index contributed by atoms with van der Waals surface area (Å²) in [7, 11) is -3.79. The monoisotopic (exact) mass is 506 g/mol. The van der Waals surface area contributed by atoms with Gasteiger partial charge in [-0.15, -0.1) is 0 Å². The number of halogens is 1. The molecular formula is C27H27ClN4O2S. The standard InChI is InChI=1S/C27H27ClN4O2S/c1-20(2)16-21-10-14-26(15-11-21)35(33,34)31-29-17-24-19-32(18-22-8-12-25(28)13-9-22)30-27(24)23-6-4-3-5-7-23/h3-15,17,19-20,31H,16,18H2,1-2H3. The molecule has 0 aliphatic carbocycles. The molecule has 0 spiro atoms. The highest BCUT2D eigenvalue weighted by atomic mass is 35.5. The predicted octanol–water partition coefficient (Wildman–Crippen LogP) is 5.76. The molecule has 0 atom stereocenters. The highest BCUT2D eigenvalue weighted by Gasteiger charge is 2.14. The SMILES string of the molecule is CC(C)Cc1ccc(S(=O)(=O)NN=Cc2cn(Cc3ccc(Cl)cc3)nc2-c2ccccc2)cc1. The van der Waals surface area contributed by atoms with E-state index in [-0.39, 0.29) is 4.90 Å². The van der Waals surface area contributed by atoms with Crippen LogP contribution < -0.4 is 4.83 Å². The summed E-state index contributed by atoms with van der Waals surface area (Å²) in [6.45, 7) is 4.80. The molecule has 0 unspecified atom stereocenters. The van der Waals surface area contributed by atoms with Crippen LogP contribution in [-0.2, 0) is 23.0 Å². The Bertz CT molecular complexity index is 1400. The summed E-state index contributed by atoms with van der Waals surface area (Å²) < 4.78 is 27.3. The van der Waals surface area contributed by atoms with Crippen molar-refractivity contribution in [1.82, 2.24) is 14.6 Å². The highest BCUT2D eigenvalue weighted by molar-refractivity contribution is 7.89. The molecule has 0 aliphatic rings. The minimum Gasteiger partial charge on any atom is -0.267 e. The molecule has 1 aromatic heterocycles. The van der Waals surface area contributed by atoms with E-state index >= 15 is 0 Å². The molecule has 4 rings (SSSR count). The molecule has 0 amide bonds. The summed E-state index contributed by atoms with van der Waals surface area (Å²) in [6, 6.07) is 24.2. The fourth-order valence-electron chi connectivity index (χ4n) is 3.70. The molecule has 0 saturated carbocycles. The Balaban J connectivity index is 1.55. The minimum absolute atomic E-state index is 0.170. The van der Waals surface area contributed by atoms with E-state index in [1.54, 1.807) is 16.8 Å². The molecule has 8 heteroatoms. The highest BCUT2D eigenvalue weighted by Crippen LogP contribution is 2.22. The van der Waals surface area contributed by atoms with E-state index < -0.39 is 10.0 Å². The molecule has 0 aliphatic heterocycles. The smallest absolute Gasteiger partial charge is 0.267 e. The summed E-state index contributed by atoms with van der Waals surface area (Å²) in [6.07, 6.45) is 4.22. The maximum atomic E-state index is 12.7. The zero-order valence-corrected chi connectivity index (χ0v) is 21.2. The van der Waals surface area contributed by atoms with Crippen LogP contribution in [0.15, 0.2) is 95.1 Å². The Labute approximate surface area is 211 Å². The van der Waals surface area contributed by atoms with Crippen molar-refractivity contribution in [1.29, 1.82) is 0 Å². The summed E-state index contributed by atoms with van der Waals surface area (Å²) in [4.78, 5) is 2.49. The molecule has 35 heavy (non-hydrogen) atoms. The molecule has 0 fully saturated rings. The van der Waals surface area contributed by atoms with Crippen molar-refractivity contribution in [3.05, 3.63) is 107 Å². The number of hydrogen-bond acceptors (Lipinski definition) is 4. The van der Waals surface area contributed by atoms with Gasteiger partial charge in [-0.3, -0.25) is 4.68 Å². The van der Waals surface area contributed by atoms with E-state index in [1.807, 2.05) is 72.9 Å². The van der Waals surface area contributed by atoms with Crippen molar-refractivity contribution in [3.8, 4) is 11.3 Å². The summed E-state index contributed by atoms with van der Waals surface area (Å²) in [5.41, 5.74) is 4.46. The third-order valence-corrected chi connectivity index (χ3v) is 6.84. The van der Waals surface area contributed by atoms with Gasteiger partial charge >= 0.3 is 0 Å². The number of sulfonamides is 1. The maximum absolute atomic E-state index is 12.7. The van der Waals surface area contributed by atoms with Crippen molar-refractivity contribution in [2.75, 3.05) is 0 Å². The molecule has 180 valence electrons. The summed E-state index contributed by atoms with van der Waals surface area (Å²) in [5.74, 6) is 0.500. The second kappa shape index (κ2) is 10.9. The lowest BCUT2D eigenvalue weighted by molar-refractivity contribution is 0.584. The second-order valence-electron chi connectivity index (χ2n) is 8.72. The lowest BCUT2D eigenvalue weighted by Crippen LogP contribution is -2.18. The van der Waals surface area contributed by atoms with Gasteiger partial charge in [0.05, 0.1) is 17.7 Å². The molecule has 0 saturated heterocycles. The van der Waals surface area contributed by atoms with Crippen LogP contribution in [-0.4, -0.2) is 24.4 Å². The molecule has 3 aromatic carbocycles. The van der Waals surface area contributed by atoms with Gasteiger partial charge in [-0.05, 0) is 47.7 Å². The molecule has 6 nitrogen and oxygen atoms in total. The number of hydrazone groups is 1. The molecule has 0 radical (unpaired) electrons. The van der Waals surface area contributed by atoms with Gasteiger partial charge in [0.1, 0.15) is 5.69 Å². The average molecular weight is 507 g/mol. The Kier molecular flexibility index (Phi) is 7.68. The van der Waals surface area contributed by atoms with Crippen LogP contribution in [0.2, 0.25) is 5.02 Å². The summed E-state index contributed by atoms with van der Waals surface area (Å²) in [5, 5.41) is 9.44. The first-order valence-electron chi connectivity index (χ1n) is 11.3. The lowest BCUT2D eigenvalue weighted by Gasteiger charge is -2.07. The van der Waals surface area contributed by atoms with E-state index in [4.69, 9.17) is 16.7 Å². The molecule has 4 aromatic rings. The predicted molar refractivity (Wildman–Crippen MR) is 141 cm³/mol. The topological polar surface area (TPSA) is 76.3 Å². The Morgan fingerprint density at radius 3 is 2.29 bits per heavy atom. The van der Waals surface area contributed by atoms with Crippen LogP contribution in [0.4, 0.5) is 0 Å². The maximum Gasteiger partial charge on any atom is 0.276 e. The largest absolute Gasteiger partial charge is 0.276 e. The van der Waals surface area contributed by atoms with Gasteiger partial charge in [-0.1, -0.05) is 80.0 Å². The average Bonchev–Trinajstić information content (AvgIpc) is 3.23. The second-order valence-corrected chi connectivity index (χ2v) is 10.8. The van der Waals surface area contributed by atoms with Crippen molar-refractivity contribution >= 4 is 27.8 Å². The zero-order valence-electron chi connectivity index (χ0n) is 19.6.